The van der Waals surface area contributed by atoms with E-state index in [-0.39, 0.29) is 64.5 Å². The molecule has 14 rings (SSSR count). The number of ether oxygens (including phenoxy) is 4. The van der Waals surface area contributed by atoms with Crippen molar-refractivity contribution in [2.75, 3.05) is 47.0 Å². The van der Waals surface area contributed by atoms with Crippen LogP contribution in [0.15, 0.2) is 53.5 Å². The number of rotatable bonds is 7. The summed E-state index contributed by atoms with van der Waals surface area (Å²) in [6, 6.07) is 11.4. The monoisotopic (exact) mass is 1070 g/mol. The molecule has 3 spiro atoms. The quantitative estimate of drug-likeness (QED) is 0.104. The van der Waals surface area contributed by atoms with Gasteiger partial charge in [0.05, 0.1) is 24.9 Å². The summed E-state index contributed by atoms with van der Waals surface area (Å²) in [7, 11) is 3.77. The third-order valence-electron chi connectivity index (χ3n) is 21.2. The van der Waals surface area contributed by atoms with Crippen LogP contribution in [0.2, 0.25) is 0 Å². The minimum Gasteiger partial charge on any atom is -0.508 e. The molecule has 14 atom stereocenters. The molecule has 8 bridgehead atoms. The molecule has 4 fully saturated rings. The third-order valence-corrected chi connectivity index (χ3v) is 21.2. The van der Waals surface area contributed by atoms with Crippen molar-refractivity contribution in [1.29, 1.82) is 0 Å². The second-order valence-electron chi connectivity index (χ2n) is 26.3. The average Bonchev–Trinajstić information content (AvgIpc) is 4.01. The molecule has 3 aromatic carbocycles. The highest BCUT2D eigenvalue weighted by Gasteiger charge is 2.61. The van der Waals surface area contributed by atoms with E-state index < -0.39 is 18.3 Å². The predicted molar refractivity (Wildman–Crippen MR) is 305 cm³/mol. The molecule has 3 aromatic rings. The number of phenolic OH excluding ortho intramolecular Hbond substituents is 2. The van der Waals surface area contributed by atoms with Crippen molar-refractivity contribution in [3.8, 4) is 39.9 Å². The van der Waals surface area contributed by atoms with Gasteiger partial charge in [0.1, 0.15) is 29.5 Å². The van der Waals surface area contributed by atoms with Crippen molar-refractivity contribution >= 4 is 5.96 Å². The molecule has 9 N–H and O–H groups in total. The maximum atomic E-state index is 12.8. The Balaban J connectivity index is 0.999. The molecule has 0 amide bonds. The smallest absolute Gasteiger partial charge is 0.188 e. The molecular formula is C65H92N4O9. The van der Waals surface area contributed by atoms with Crippen LogP contribution >= 0.6 is 0 Å². The first kappa shape index (κ1) is 55.4. The van der Waals surface area contributed by atoms with Gasteiger partial charge in [0.25, 0.3) is 0 Å². The predicted octanol–water partition coefficient (Wildman–Crippen LogP) is 10.2. The van der Waals surface area contributed by atoms with E-state index in [0.29, 0.717) is 97.5 Å². The number of hydrogen-bond acceptors (Lipinski definition) is 13. The number of fused-ring (bicyclic) bond motifs is 2. The number of guanidine groups is 1. The molecule has 0 aromatic heterocycles. The number of allylic oxidation sites excluding steroid dienone is 2. The summed E-state index contributed by atoms with van der Waals surface area (Å²) in [4.78, 5) is 5.26. The number of nitrogens with zero attached hydrogens (tertiary/aromatic N) is 1. The van der Waals surface area contributed by atoms with E-state index in [2.05, 4.69) is 56.7 Å². The van der Waals surface area contributed by atoms with Gasteiger partial charge in [-0.25, -0.2) is 0 Å². The summed E-state index contributed by atoms with van der Waals surface area (Å²) in [5, 5.41) is 65.9. The number of nitrogens with one attached hydrogen (secondary N) is 2. The topological polar surface area (TPSA) is 201 Å². The van der Waals surface area contributed by atoms with Crippen molar-refractivity contribution < 1.29 is 44.5 Å². The summed E-state index contributed by atoms with van der Waals surface area (Å²) in [5.74, 6) is 4.01. The molecule has 1 saturated heterocycles. The van der Waals surface area contributed by atoms with Gasteiger partial charge in [-0.1, -0.05) is 51.8 Å². The van der Waals surface area contributed by atoms with Crippen LogP contribution in [-0.4, -0.2) is 102 Å². The van der Waals surface area contributed by atoms with Crippen molar-refractivity contribution in [3.63, 3.8) is 0 Å². The van der Waals surface area contributed by atoms with Gasteiger partial charge in [-0.2, -0.15) is 0 Å². The molecule has 13 heteroatoms. The highest BCUT2D eigenvalue weighted by Crippen LogP contribution is 2.65. The van der Waals surface area contributed by atoms with Gasteiger partial charge in [-0.15, -0.1) is 0 Å². The molecule has 426 valence electrons. The van der Waals surface area contributed by atoms with Crippen LogP contribution in [0.1, 0.15) is 163 Å². The van der Waals surface area contributed by atoms with Crippen LogP contribution in [0.25, 0.3) is 11.1 Å². The fourth-order valence-corrected chi connectivity index (χ4v) is 17.5. The molecule has 3 saturated carbocycles. The number of aliphatic imine (C=N–C) groups is 1. The van der Waals surface area contributed by atoms with E-state index in [9.17, 15) is 25.5 Å². The molecule has 5 aliphatic carbocycles. The van der Waals surface area contributed by atoms with E-state index in [1.807, 2.05) is 24.3 Å². The number of aromatic hydroxyl groups is 2. The lowest BCUT2D eigenvalue weighted by atomic mass is 9.56. The van der Waals surface area contributed by atoms with Gasteiger partial charge in [0, 0.05) is 55.8 Å². The maximum absolute atomic E-state index is 12.8. The highest BCUT2D eigenvalue weighted by molar-refractivity contribution is 5.84. The Morgan fingerprint density at radius 1 is 0.885 bits per heavy atom. The standard InChI is InChI=1S/C65H92N4O9/c1-6-40-24-42-12-11-41(40)25-47(71)33-64(18-8-17-63(64)20-22-76-65(36-63)19-15-39(32-65)34-67-4)37-69-62(66)68-21-16-48-44(35-70)9-7-10-55(48)77-57-29-43(13-14-52(57)72)61-54(74)30-51-56(78-61)31-58(75-5)60-50-27-46(23-38(2)3)53(73)28-45(50)26-49(42)59(51)60/h11-14,27-29,31,38-42,44,47-49,54-55,61,67,70-74H,6-10,15-26,30,32-37H2,1-5H3,(H3,66,68,69)/t39-,40+,41-,42-,44+,47+,48+,49-,54-,55+,61+,63-,64-,65-/m1/s1. The van der Waals surface area contributed by atoms with Crippen LogP contribution < -0.4 is 30.6 Å². The first-order valence-electron chi connectivity index (χ1n) is 30.4. The molecule has 13 nitrogen and oxygen atoms in total. The van der Waals surface area contributed by atoms with Crippen molar-refractivity contribution in [2.45, 2.75) is 179 Å². The second kappa shape index (κ2) is 22.8. The summed E-state index contributed by atoms with van der Waals surface area (Å²) >= 11 is 0. The summed E-state index contributed by atoms with van der Waals surface area (Å²) in [6.07, 6.45) is 19.1. The molecule has 0 unspecified atom stereocenters. The van der Waals surface area contributed by atoms with Crippen LogP contribution in [0.5, 0.6) is 28.7 Å². The van der Waals surface area contributed by atoms with Gasteiger partial charge in [-0.05, 0) is 221 Å². The minimum absolute atomic E-state index is 0.00341. The normalized spacial score (nSPS) is 35.8. The summed E-state index contributed by atoms with van der Waals surface area (Å²) in [6.45, 7) is 9.51. The fourth-order valence-electron chi connectivity index (χ4n) is 17.5. The second-order valence-corrected chi connectivity index (χ2v) is 26.3. The van der Waals surface area contributed by atoms with Gasteiger partial charge in [-0.3, -0.25) is 4.99 Å². The first-order valence-corrected chi connectivity index (χ1v) is 30.4. The Labute approximate surface area is 464 Å². The Morgan fingerprint density at radius 3 is 2.51 bits per heavy atom. The molecule has 6 aliphatic heterocycles. The van der Waals surface area contributed by atoms with Gasteiger partial charge in [0.2, 0.25) is 0 Å². The zero-order valence-electron chi connectivity index (χ0n) is 47.4. The van der Waals surface area contributed by atoms with Gasteiger partial charge >= 0.3 is 0 Å². The Morgan fingerprint density at radius 2 is 1.72 bits per heavy atom. The number of nitrogens with two attached hydrogens (primary N) is 1. The molecular weight excluding hydrogens is 981 g/mol. The summed E-state index contributed by atoms with van der Waals surface area (Å²) < 4.78 is 27.1. The third kappa shape index (κ3) is 10.5. The number of hydrogen-bond donors (Lipinski definition) is 8. The molecule has 0 radical (unpaired) electrons. The van der Waals surface area contributed by atoms with E-state index >= 15 is 0 Å². The zero-order chi connectivity index (χ0) is 54.5. The van der Waals surface area contributed by atoms with E-state index in [1.165, 1.54) is 6.42 Å². The van der Waals surface area contributed by atoms with Gasteiger partial charge in [0.15, 0.2) is 17.5 Å². The Bertz CT molecular complexity index is 2690. The van der Waals surface area contributed by atoms with Crippen molar-refractivity contribution in [1.82, 2.24) is 10.6 Å². The number of aliphatic hydroxyl groups excluding tert-OH is 3. The molecule has 11 aliphatic rings. The first-order chi connectivity index (χ1) is 37.7. The van der Waals surface area contributed by atoms with E-state index in [1.54, 1.807) is 13.2 Å². The lowest BCUT2D eigenvalue weighted by Gasteiger charge is -2.54. The van der Waals surface area contributed by atoms with Crippen LogP contribution in [0, 0.1) is 52.3 Å². The minimum atomic E-state index is -0.915. The Hall–Kier alpha value is -4.53. The van der Waals surface area contributed by atoms with Crippen molar-refractivity contribution in [3.05, 3.63) is 76.4 Å². The van der Waals surface area contributed by atoms with Crippen molar-refractivity contribution in [2.24, 2.45) is 63.0 Å². The van der Waals surface area contributed by atoms with Crippen LogP contribution in [-0.2, 0) is 24.0 Å². The molecule has 78 heavy (non-hydrogen) atoms. The maximum Gasteiger partial charge on any atom is 0.188 e. The van der Waals surface area contributed by atoms with Gasteiger partial charge < -0.3 is 60.8 Å². The van der Waals surface area contributed by atoms with E-state index in [4.69, 9.17) is 29.7 Å². The number of benzene rings is 3. The fraction of sp³-hybridized carbons (Fsp3) is 0.677. The SMILES string of the molecule is CC[C@H]1C[C@H]2C=C[C@@H]1C[C@H](O)C[C@]1(CCC[C@]13CCO[C@@]1(CC[C@@H](CNC)C1)C3)CN=C(N)NCC[C@H]1[C@H](CO)CCC[C@@H]1Oc1cc(ccc1O)[C@@H]1Oc3cc(OC)c4c(c3C[C@H]1O)[C@@H]2Cc1cc(O)c(CC(C)C)cc1-4. The lowest BCUT2D eigenvalue weighted by molar-refractivity contribution is -0.158. The van der Waals surface area contributed by atoms with Crippen LogP contribution in [0.3, 0.4) is 0 Å². The highest BCUT2D eigenvalue weighted by atomic mass is 16.5. The summed E-state index contributed by atoms with van der Waals surface area (Å²) in [5.41, 5.74) is 13.4. The zero-order valence-corrected chi connectivity index (χ0v) is 47.4. The van der Waals surface area contributed by atoms with Crippen LogP contribution in [0.4, 0.5) is 0 Å². The lowest BCUT2D eigenvalue weighted by Crippen LogP contribution is -2.52. The Kier molecular flexibility index (Phi) is 16.2. The van der Waals surface area contributed by atoms with E-state index in [0.717, 1.165) is 130 Å². The average molecular weight is 1070 g/mol. The number of phenols is 2. The number of methoxy groups -OCH3 is 1. The molecule has 6 heterocycles. The largest absolute Gasteiger partial charge is 0.508 e. The number of aliphatic hydroxyl groups is 3.